The molecule has 0 aromatic heterocycles. The van der Waals surface area contributed by atoms with Crippen molar-refractivity contribution in [1.82, 2.24) is 0 Å². The van der Waals surface area contributed by atoms with Gasteiger partial charge in [-0.1, -0.05) is 37.3 Å². The Morgan fingerprint density at radius 2 is 1.62 bits per heavy atom. The van der Waals surface area contributed by atoms with Gasteiger partial charge in [0, 0.05) is 5.69 Å². The topological polar surface area (TPSA) is 93.1 Å². The molecule has 3 aromatic rings. The Morgan fingerprint density at radius 3 is 2.19 bits per heavy atom. The summed E-state index contributed by atoms with van der Waals surface area (Å²) in [5.74, 6) is -1.97. The van der Waals surface area contributed by atoms with Crippen LogP contribution >= 0.6 is 0 Å². The smallest absolute Gasteiger partial charge is 0.337 e. The minimum atomic E-state index is -0.889. The van der Waals surface area contributed by atoms with Crippen molar-refractivity contribution in [3.8, 4) is 5.75 Å². The Labute approximate surface area is 215 Å². The summed E-state index contributed by atoms with van der Waals surface area (Å²) >= 11 is 0. The standard InChI is InChI=1S/C30H29NO6/c1-6-19-7-9-20(10-8-19)25-24(26(32)23-16-17(2)15-18(3)28(23)36-4)27(33)29(34)31(25)22-13-11-21(12-14-22)30(35)37-5/h7-16,25,32H,6H2,1-5H3/b26-24+. The quantitative estimate of drug-likeness (QED) is 0.214. The number of ether oxygens (including phenoxy) is 2. The lowest BCUT2D eigenvalue weighted by Crippen LogP contribution is -2.29. The van der Waals surface area contributed by atoms with E-state index in [1.165, 1.54) is 31.3 Å². The normalized spacial score (nSPS) is 16.7. The van der Waals surface area contributed by atoms with Crippen LogP contribution in [-0.4, -0.2) is 37.0 Å². The fraction of sp³-hybridized carbons (Fsp3) is 0.233. The number of aliphatic hydroxyl groups excluding tert-OH is 1. The Morgan fingerprint density at radius 1 is 0.973 bits per heavy atom. The molecule has 1 heterocycles. The maximum Gasteiger partial charge on any atom is 0.337 e. The van der Waals surface area contributed by atoms with Crippen LogP contribution in [0, 0.1) is 13.8 Å². The van der Waals surface area contributed by atoms with Gasteiger partial charge >= 0.3 is 5.97 Å². The molecule has 7 nitrogen and oxygen atoms in total. The molecule has 7 heteroatoms. The van der Waals surface area contributed by atoms with Crippen LogP contribution in [0.2, 0.25) is 0 Å². The molecule has 0 aliphatic carbocycles. The molecule has 0 radical (unpaired) electrons. The van der Waals surface area contributed by atoms with Crippen LogP contribution in [0.25, 0.3) is 5.76 Å². The van der Waals surface area contributed by atoms with E-state index in [2.05, 4.69) is 0 Å². The van der Waals surface area contributed by atoms with Crippen molar-refractivity contribution >= 4 is 29.1 Å². The van der Waals surface area contributed by atoms with Crippen LogP contribution < -0.4 is 9.64 Å². The third-order valence-corrected chi connectivity index (χ3v) is 6.59. The second kappa shape index (κ2) is 10.3. The first kappa shape index (κ1) is 25.7. The molecule has 0 saturated carbocycles. The van der Waals surface area contributed by atoms with Crippen LogP contribution in [-0.2, 0) is 20.7 Å². The number of anilines is 1. The number of amides is 1. The summed E-state index contributed by atoms with van der Waals surface area (Å²) in [6.45, 7) is 5.77. The summed E-state index contributed by atoms with van der Waals surface area (Å²) in [5, 5.41) is 11.6. The summed E-state index contributed by atoms with van der Waals surface area (Å²) < 4.78 is 10.3. The van der Waals surface area contributed by atoms with Crippen LogP contribution in [0.15, 0.2) is 66.2 Å². The molecule has 1 fully saturated rings. The van der Waals surface area contributed by atoms with E-state index in [-0.39, 0.29) is 11.3 Å². The molecular formula is C30H29NO6. The SMILES string of the molecule is CCc1ccc(C2/C(=C(\O)c3cc(C)cc(C)c3OC)C(=O)C(=O)N2c2ccc(C(=O)OC)cc2)cc1. The molecule has 3 aromatic carbocycles. The summed E-state index contributed by atoms with van der Waals surface area (Å²) in [6.07, 6.45) is 0.829. The second-order valence-electron chi connectivity index (χ2n) is 8.97. The Bertz CT molecular complexity index is 1400. The molecule has 1 unspecified atom stereocenters. The molecule has 1 N–H and O–H groups in total. The predicted molar refractivity (Wildman–Crippen MR) is 141 cm³/mol. The highest BCUT2D eigenvalue weighted by Gasteiger charge is 2.47. The number of hydrogen-bond acceptors (Lipinski definition) is 6. The number of methoxy groups -OCH3 is 2. The number of Topliss-reactive ketones (excluding diaryl/α,β-unsaturated/α-hetero) is 1. The van der Waals surface area contributed by atoms with Gasteiger partial charge in [0.2, 0.25) is 0 Å². The number of aliphatic hydroxyl groups is 1. The number of benzene rings is 3. The zero-order valence-corrected chi connectivity index (χ0v) is 21.5. The summed E-state index contributed by atoms with van der Waals surface area (Å²) in [7, 11) is 2.78. The molecule has 37 heavy (non-hydrogen) atoms. The Hall–Kier alpha value is -4.39. The van der Waals surface area contributed by atoms with E-state index in [1.807, 2.05) is 51.1 Å². The van der Waals surface area contributed by atoms with Gasteiger partial charge < -0.3 is 14.6 Å². The minimum Gasteiger partial charge on any atom is -0.507 e. The van der Waals surface area contributed by atoms with Gasteiger partial charge in [-0.05, 0) is 72.9 Å². The van der Waals surface area contributed by atoms with E-state index in [9.17, 15) is 19.5 Å². The lowest BCUT2D eigenvalue weighted by Gasteiger charge is -2.26. The molecular weight excluding hydrogens is 470 g/mol. The van der Waals surface area contributed by atoms with Crippen molar-refractivity contribution < 1.29 is 29.0 Å². The third-order valence-electron chi connectivity index (χ3n) is 6.59. The van der Waals surface area contributed by atoms with Crippen molar-refractivity contribution in [1.29, 1.82) is 0 Å². The van der Waals surface area contributed by atoms with Gasteiger partial charge in [-0.25, -0.2) is 4.79 Å². The molecule has 1 atom stereocenters. The Kier molecular flexibility index (Phi) is 7.16. The van der Waals surface area contributed by atoms with E-state index >= 15 is 0 Å². The van der Waals surface area contributed by atoms with Crippen LogP contribution in [0.5, 0.6) is 5.75 Å². The molecule has 190 valence electrons. The van der Waals surface area contributed by atoms with Gasteiger partial charge in [-0.2, -0.15) is 0 Å². The molecule has 0 bridgehead atoms. The lowest BCUT2D eigenvalue weighted by atomic mass is 9.93. The van der Waals surface area contributed by atoms with Crippen LogP contribution in [0.3, 0.4) is 0 Å². The van der Waals surface area contributed by atoms with Crippen molar-refractivity contribution in [2.45, 2.75) is 33.2 Å². The zero-order chi connectivity index (χ0) is 26.9. The van der Waals surface area contributed by atoms with E-state index in [0.29, 0.717) is 28.1 Å². The van der Waals surface area contributed by atoms with Gasteiger partial charge in [0.1, 0.15) is 11.5 Å². The molecule has 1 aliphatic heterocycles. The average molecular weight is 500 g/mol. The summed E-state index contributed by atoms with van der Waals surface area (Å²) in [4.78, 5) is 40.2. The van der Waals surface area contributed by atoms with Crippen molar-refractivity contribution in [2.75, 3.05) is 19.1 Å². The van der Waals surface area contributed by atoms with Crippen molar-refractivity contribution in [3.05, 3.63) is 99.6 Å². The number of esters is 1. The van der Waals surface area contributed by atoms with Crippen LogP contribution in [0.4, 0.5) is 5.69 Å². The maximum absolute atomic E-state index is 13.5. The predicted octanol–water partition coefficient (Wildman–Crippen LogP) is 5.29. The fourth-order valence-corrected chi connectivity index (χ4v) is 4.77. The van der Waals surface area contributed by atoms with Gasteiger partial charge in [-0.15, -0.1) is 0 Å². The third kappa shape index (κ3) is 4.60. The van der Waals surface area contributed by atoms with Gasteiger partial charge in [0.15, 0.2) is 0 Å². The number of aryl methyl sites for hydroxylation is 3. The van der Waals surface area contributed by atoms with E-state index < -0.39 is 23.7 Å². The number of carbonyl (C=O) groups is 3. The largest absolute Gasteiger partial charge is 0.507 e. The van der Waals surface area contributed by atoms with Crippen molar-refractivity contribution in [2.24, 2.45) is 0 Å². The average Bonchev–Trinajstić information content (AvgIpc) is 3.17. The molecule has 1 aliphatic rings. The number of carbonyl (C=O) groups excluding carboxylic acids is 3. The highest BCUT2D eigenvalue weighted by molar-refractivity contribution is 6.51. The van der Waals surface area contributed by atoms with E-state index in [4.69, 9.17) is 9.47 Å². The minimum absolute atomic E-state index is 0.0328. The molecule has 1 amide bonds. The number of rotatable bonds is 6. The molecule has 0 spiro atoms. The van der Waals surface area contributed by atoms with Gasteiger partial charge in [0.05, 0.1) is 37.0 Å². The highest BCUT2D eigenvalue weighted by atomic mass is 16.5. The summed E-state index contributed by atoms with van der Waals surface area (Å²) in [5.41, 5.74) is 4.45. The Balaban J connectivity index is 1.95. The first-order valence-corrected chi connectivity index (χ1v) is 12.0. The van der Waals surface area contributed by atoms with Gasteiger partial charge in [0.25, 0.3) is 11.7 Å². The fourth-order valence-electron chi connectivity index (χ4n) is 4.77. The monoisotopic (exact) mass is 499 g/mol. The highest BCUT2D eigenvalue weighted by Crippen LogP contribution is 2.44. The number of nitrogens with zero attached hydrogens (tertiary/aromatic N) is 1. The van der Waals surface area contributed by atoms with Gasteiger partial charge in [-0.3, -0.25) is 14.5 Å². The molecule has 1 saturated heterocycles. The number of hydrogen-bond donors (Lipinski definition) is 1. The first-order chi connectivity index (χ1) is 17.7. The van der Waals surface area contributed by atoms with Crippen LogP contribution in [0.1, 0.15) is 51.1 Å². The maximum atomic E-state index is 13.5. The van der Waals surface area contributed by atoms with Crippen molar-refractivity contribution in [3.63, 3.8) is 0 Å². The zero-order valence-electron chi connectivity index (χ0n) is 21.5. The number of ketones is 1. The van der Waals surface area contributed by atoms with E-state index in [0.717, 1.165) is 23.1 Å². The molecule has 4 rings (SSSR count). The second-order valence-corrected chi connectivity index (χ2v) is 8.97. The first-order valence-electron chi connectivity index (χ1n) is 12.0. The lowest BCUT2D eigenvalue weighted by molar-refractivity contribution is -0.132. The summed E-state index contributed by atoms with van der Waals surface area (Å²) in [6, 6.07) is 16.6. The van der Waals surface area contributed by atoms with E-state index in [1.54, 1.807) is 18.2 Å².